The number of ether oxygens (including phenoxy) is 2. The number of nitrogens with one attached hydrogen (secondary N) is 1. The van der Waals surface area contributed by atoms with Crippen LogP contribution in [0.2, 0.25) is 15.1 Å². The highest BCUT2D eigenvalue weighted by Crippen LogP contribution is 2.32. The normalized spacial score (nSPS) is 10.4. The Morgan fingerprint density at radius 2 is 1.76 bits per heavy atom. The zero-order valence-corrected chi connectivity index (χ0v) is 15.4. The maximum absolute atomic E-state index is 12.0. The van der Waals surface area contributed by atoms with Crippen LogP contribution in [-0.4, -0.2) is 25.6 Å². The molecule has 0 aliphatic carbocycles. The van der Waals surface area contributed by atoms with E-state index < -0.39 is 18.5 Å². The number of anilines is 1. The van der Waals surface area contributed by atoms with Gasteiger partial charge >= 0.3 is 5.97 Å². The third kappa shape index (κ3) is 5.61. The van der Waals surface area contributed by atoms with E-state index in [0.717, 1.165) is 5.56 Å². The van der Waals surface area contributed by atoms with Crippen molar-refractivity contribution < 1.29 is 19.1 Å². The molecule has 2 aromatic rings. The molecule has 132 valence electrons. The highest BCUT2D eigenvalue weighted by atomic mass is 35.5. The van der Waals surface area contributed by atoms with Gasteiger partial charge in [-0.2, -0.15) is 0 Å². The molecule has 0 heterocycles. The molecule has 0 fully saturated rings. The first kappa shape index (κ1) is 19.5. The van der Waals surface area contributed by atoms with Crippen LogP contribution in [0.3, 0.4) is 0 Å². The molecule has 2 rings (SSSR count). The topological polar surface area (TPSA) is 64.6 Å². The fourth-order valence-corrected chi connectivity index (χ4v) is 2.57. The van der Waals surface area contributed by atoms with Gasteiger partial charge in [-0.05, 0) is 29.8 Å². The predicted molar refractivity (Wildman–Crippen MR) is 97.5 cm³/mol. The number of halogens is 3. The van der Waals surface area contributed by atoms with Crippen molar-refractivity contribution in [3.05, 3.63) is 62.6 Å². The molecular weight excluding hydrogens is 389 g/mol. The van der Waals surface area contributed by atoms with Crippen LogP contribution in [0.15, 0.2) is 36.4 Å². The van der Waals surface area contributed by atoms with Crippen LogP contribution in [-0.2, 0) is 20.9 Å². The summed E-state index contributed by atoms with van der Waals surface area (Å²) < 4.78 is 10.0. The Labute approximate surface area is 159 Å². The van der Waals surface area contributed by atoms with Gasteiger partial charge in [0.15, 0.2) is 6.61 Å². The average molecular weight is 403 g/mol. The summed E-state index contributed by atoms with van der Waals surface area (Å²) in [6.07, 6.45) is 0. The fraction of sp³-hybridized carbons (Fsp3) is 0.176. The molecule has 0 atom stereocenters. The van der Waals surface area contributed by atoms with Crippen molar-refractivity contribution in [3.8, 4) is 0 Å². The van der Waals surface area contributed by atoms with Gasteiger partial charge in [0.05, 0.1) is 32.9 Å². The zero-order chi connectivity index (χ0) is 18.4. The zero-order valence-electron chi connectivity index (χ0n) is 13.1. The quantitative estimate of drug-likeness (QED) is 0.567. The molecule has 0 unspecified atom stereocenters. The number of carbonyl (C=O) groups is 2. The van der Waals surface area contributed by atoms with E-state index in [2.05, 4.69) is 5.32 Å². The number of esters is 1. The van der Waals surface area contributed by atoms with E-state index in [1.807, 2.05) is 6.07 Å². The van der Waals surface area contributed by atoms with Crippen LogP contribution < -0.4 is 5.32 Å². The van der Waals surface area contributed by atoms with Gasteiger partial charge in [0, 0.05) is 7.11 Å². The molecule has 5 nitrogen and oxygen atoms in total. The minimum atomic E-state index is -0.617. The Balaban J connectivity index is 1.94. The smallest absolute Gasteiger partial charge is 0.338 e. The third-order valence-electron chi connectivity index (χ3n) is 3.09. The molecule has 0 radical (unpaired) electrons. The van der Waals surface area contributed by atoms with Crippen molar-refractivity contribution >= 4 is 52.4 Å². The summed E-state index contributed by atoms with van der Waals surface area (Å²) in [5.41, 5.74) is 1.43. The molecule has 2 aromatic carbocycles. The molecule has 0 saturated carbocycles. The summed E-state index contributed by atoms with van der Waals surface area (Å²) >= 11 is 17.7. The Morgan fingerprint density at radius 1 is 1.04 bits per heavy atom. The largest absolute Gasteiger partial charge is 0.452 e. The summed E-state index contributed by atoms with van der Waals surface area (Å²) in [5, 5.41) is 3.24. The van der Waals surface area contributed by atoms with Crippen molar-refractivity contribution in [2.75, 3.05) is 19.0 Å². The minimum absolute atomic E-state index is 0.223. The molecule has 1 N–H and O–H groups in total. The highest BCUT2D eigenvalue weighted by Gasteiger charge is 2.13. The number of carbonyl (C=O) groups excluding carboxylic acids is 2. The van der Waals surface area contributed by atoms with Gasteiger partial charge in [-0.15, -0.1) is 0 Å². The second-order valence-corrected chi connectivity index (χ2v) is 6.23. The Bertz CT molecular complexity index is 795. The first-order valence-electron chi connectivity index (χ1n) is 7.10. The van der Waals surface area contributed by atoms with Crippen molar-refractivity contribution in [1.29, 1.82) is 0 Å². The number of hydrogen-bond donors (Lipinski definition) is 1. The van der Waals surface area contributed by atoms with E-state index in [4.69, 9.17) is 44.3 Å². The average Bonchev–Trinajstić information content (AvgIpc) is 2.58. The summed E-state index contributed by atoms with van der Waals surface area (Å²) in [5.74, 6) is -1.17. The van der Waals surface area contributed by atoms with E-state index in [0.29, 0.717) is 12.2 Å². The van der Waals surface area contributed by atoms with Crippen LogP contribution in [0, 0.1) is 0 Å². The van der Waals surface area contributed by atoms with Gasteiger partial charge in [0.25, 0.3) is 5.91 Å². The maximum Gasteiger partial charge on any atom is 0.338 e. The molecule has 0 bridgehead atoms. The molecular formula is C17H14Cl3NO4. The molecule has 0 aliphatic rings. The molecule has 1 amide bonds. The standard InChI is InChI=1S/C17H14Cl3NO4/c1-24-8-10-3-2-4-11(5-10)17(23)25-9-16(22)21-15-7-13(19)12(18)6-14(15)20/h2-7H,8-9H2,1H3,(H,21,22). The monoisotopic (exact) mass is 401 g/mol. The van der Waals surface area contributed by atoms with Crippen LogP contribution in [0.25, 0.3) is 0 Å². The number of rotatable bonds is 6. The minimum Gasteiger partial charge on any atom is -0.452 e. The van der Waals surface area contributed by atoms with Gasteiger partial charge in [0.1, 0.15) is 0 Å². The summed E-state index contributed by atoms with van der Waals surface area (Å²) in [6.45, 7) is -0.0959. The second-order valence-electron chi connectivity index (χ2n) is 5.00. The Hall–Kier alpha value is -1.79. The van der Waals surface area contributed by atoms with E-state index in [9.17, 15) is 9.59 Å². The summed E-state index contributed by atoms with van der Waals surface area (Å²) in [6, 6.07) is 9.59. The van der Waals surface area contributed by atoms with Crippen molar-refractivity contribution in [2.24, 2.45) is 0 Å². The number of hydrogen-bond acceptors (Lipinski definition) is 4. The molecule has 0 aromatic heterocycles. The SMILES string of the molecule is COCc1cccc(C(=O)OCC(=O)Nc2cc(Cl)c(Cl)cc2Cl)c1. The Morgan fingerprint density at radius 3 is 2.48 bits per heavy atom. The van der Waals surface area contributed by atoms with Crippen molar-refractivity contribution in [1.82, 2.24) is 0 Å². The van der Waals surface area contributed by atoms with E-state index >= 15 is 0 Å². The lowest BCUT2D eigenvalue weighted by atomic mass is 10.1. The molecule has 0 aliphatic heterocycles. The fourth-order valence-electron chi connectivity index (χ4n) is 1.97. The lowest BCUT2D eigenvalue weighted by Gasteiger charge is -2.09. The highest BCUT2D eigenvalue weighted by molar-refractivity contribution is 6.44. The van der Waals surface area contributed by atoms with E-state index in [-0.39, 0.29) is 20.8 Å². The first-order valence-corrected chi connectivity index (χ1v) is 8.23. The molecule has 0 saturated heterocycles. The van der Waals surface area contributed by atoms with E-state index in [1.165, 1.54) is 12.1 Å². The summed E-state index contributed by atoms with van der Waals surface area (Å²) in [4.78, 5) is 23.9. The van der Waals surface area contributed by atoms with Crippen molar-refractivity contribution in [2.45, 2.75) is 6.61 Å². The van der Waals surface area contributed by atoms with Crippen molar-refractivity contribution in [3.63, 3.8) is 0 Å². The summed E-state index contributed by atoms with van der Waals surface area (Å²) in [7, 11) is 1.56. The maximum atomic E-state index is 12.0. The lowest BCUT2D eigenvalue weighted by Crippen LogP contribution is -2.21. The first-order chi connectivity index (χ1) is 11.9. The van der Waals surface area contributed by atoms with Gasteiger partial charge in [-0.25, -0.2) is 4.79 Å². The number of methoxy groups -OCH3 is 1. The lowest BCUT2D eigenvalue weighted by molar-refractivity contribution is -0.119. The number of benzene rings is 2. The molecule has 0 spiro atoms. The van der Waals surface area contributed by atoms with Gasteiger partial charge < -0.3 is 14.8 Å². The Kier molecular flexibility index (Phi) is 7.08. The van der Waals surface area contributed by atoms with Gasteiger partial charge in [-0.3, -0.25) is 4.79 Å². The number of amides is 1. The third-order valence-corrected chi connectivity index (χ3v) is 4.13. The van der Waals surface area contributed by atoms with Crippen LogP contribution in [0.5, 0.6) is 0 Å². The van der Waals surface area contributed by atoms with E-state index in [1.54, 1.807) is 25.3 Å². The van der Waals surface area contributed by atoms with Gasteiger partial charge in [0.2, 0.25) is 0 Å². The van der Waals surface area contributed by atoms with Gasteiger partial charge in [-0.1, -0.05) is 46.9 Å². The van der Waals surface area contributed by atoms with Crippen LogP contribution in [0.4, 0.5) is 5.69 Å². The van der Waals surface area contributed by atoms with Crippen LogP contribution >= 0.6 is 34.8 Å². The molecule has 25 heavy (non-hydrogen) atoms. The predicted octanol–water partition coefficient (Wildman–Crippen LogP) is 4.59. The second kappa shape index (κ2) is 9.06. The molecule has 8 heteroatoms. The van der Waals surface area contributed by atoms with Crippen LogP contribution in [0.1, 0.15) is 15.9 Å².